The maximum Gasteiger partial charge on any atom is 0.305 e. The summed E-state index contributed by atoms with van der Waals surface area (Å²) in [4.78, 5) is 23.6. The first-order valence-electron chi connectivity index (χ1n) is 8.30. The van der Waals surface area contributed by atoms with Crippen LogP contribution in [0.1, 0.15) is 30.0 Å². The van der Waals surface area contributed by atoms with Crippen molar-refractivity contribution in [3.8, 4) is 11.5 Å². The number of hydrogen-bond donors (Lipinski definition) is 2. The summed E-state index contributed by atoms with van der Waals surface area (Å²) in [7, 11) is 3.03. The second kappa shape index (κ2) is 9.46. The maximum absolute atomic E-state index is 12.3. The Morgan fingerprint density at radius 3 is 2.42 bits per heavy atom. The number of amides is 1. The molecule has 2 aromatic carbocycles. The zero-order valence-corrected chi connectivity index (χ0v) is 14.9. The first-order valence-corrected chi connectivity index (χ1v) is 8.30. The number of benzene rings is 2. The highest BCUT2D eigenvalue weighted by Crippen LogP contribution is 2.31. The van der Waals surface area contributed by atoms with Gasteiger partial charge in [0.2, 0.25) is 5.91 Å². The molecule has 0 aliphatic carbocycles. The molecule has 1 atom stereocenters. The molecule has 0 bridgehead atoms. The van der Waals surface area contributed by atoms with Crippen LogP contribution in [0.3, 0.4) is 0 Å². The van der Waals surface area contributed by atoms with Crippen LogP contribution in [0.25, 0.3) is 0 Å². The van der Waals surface area contributed by atoms with E-state index in [9.17, 15) is 14.7 Å². The standard InChI is InChI=1S/C20H23NO5/c1-25-15-9-10-16(18(12-15)26-2)17(13-20(23)24)21-19(22)11-8-14-6-4-3-5-7-14/h3-7,9-10,12,17H,8,11,13H2,1-2H3,(H,21,22)(H,23,24). The molecule has 1 unspecified atom stereocenters. The van der Waals surface area contributed by atoms with Gasteiger partial charge in [-0.3, -0.25) is 9.59 Å². The van der Waals surface area contributed by atoms with Crippen LogP contribution in [-0.2, 0) is 16.0 Å². The number of aryl methyl sites for hydroxylation is 1. The van der Waals surface area contributed by atoms with Crippen molar-refractivity contribution in [1.82, 2.24) is 5.32 Å². The van der Waals surface area contributed by atoms with E-state index in [0.717, 1.165) is 5.56 Å². The third-order valence-electron chi connectivity index (χ3n) is 4.01. The lowest BCUT2D eigenvalue weighted by Crippen LogP contribution is -2.30. The third-order valence-corrected chi connectivity index (χ3v) is 4.01. The highest BCUT2D eigenvalue weighted by molar-refractivity contribution is 5.78. The Morgan fingerprint density at radius 2 is 1.81 bits per heavy atom. The molecule has 2 rings (SSSR count). The average Bonchev–Trinajstić information content (AvgIpc) is 2.65. The Morgan fingerprint density at radius 1 is 1.08 bits per heavy atom. The lowest BCUT2D eigenvalue weighted by atomic mass is 10.0. The molecular weight excluding hydrogens is 334 g/mol. The van der Waals surface area contributed by atoms with Crippen LogP contribution in [0, 0.1) is 0 Å². The van der Waals surface area contributed by atoms with Gasteiger partial charge < -0.3 is 19.9 Å². The highest BCUT2D eigenvalue weighted by Gasteiger charge is 2.22. The molecule has 0 radical (unpaired) electrons. The summed E-state index contributed by atoms with van der Waals surface area (Å²) in [6.45, 7) is 0. The molecule has 6 nitrogen and oxygen atoms in total. The lowest BCUT2D eigenvalue weighted by Gasteiger charge is -2.20. The Kier molecular flexibility index (Phi) is 7.02. The molecule has 0 aromatic heterocycles. The highest BCUT2D eigenvalue weighted by atomic mass is 16.5. The largest absolute Gasteiger partial charge is 0.497 e. The van der Waals surface area contributed by atoms with Gasteiger partial charge in [-0.05, 0) is 24.1 Å². The minimum absolute atomic E-state index is 0.210. The normalized spacial score (nSPS) is 11.5. The fourth-order valence-electron chi connectivity index (χ4n) is 2.69. The number of aliphatic carboxylic acids is 1. The molecule has 0 fully saturated rings. The summed E-state index contributed by atoms with van der Waals surface area (Å²) in [5.74, 6) is -0.150. The fraction of sp³-hybridized carbons (Fsp3) is 0.300. The van der Waals surface area contributed by atoms with Gasteiger partial charge in [-0.25, -0.2) is 0 Å². The topological polar surface area (TPSA) is 84.9 Å². The van der Waals surface area contributed by atoms with Crippen molar-refractivity contribution in [1.29, 1.82) is 0 Å². The van der Waals surface area contributed by atoms with E-state index >= 15 is 0 Å². The van der Waals surface area contributed by atoms with E-state index in [2.05, 4.69) is 5.32 Å². The fourth-order valence-corrected chi connectivity index (χ4v) is 2.69. The van der Waals surface area contributed by atoms with Crippen molar-refractivity contribution in [2.75, 3.05) is 14.2 Å². The summed E-state index contributed by atoms with van der Waals surface area (Å²) < 4.78 is 10.5. The van der Waals surface area contributed by atoms with Crippen LogP contribution in [0.15, 0.2) is 48.5 Å². The lowest BCUT2D eigenvalue weighted by molar-refractivity contribution is -0.137. The van der Waals surface area contributed by atoms with E-state index in [0.29, 0.717) is 23.5 Å². The number of carboxylic acids is 1. The second-order valence-corrected chi connectivity index (χ2v) is 5.81. The van der Waals surface area contributed by atoms with Crippen molar-refractivity contribution < 1.29 is 24.2 Å². The van der Waals surface area contributed by atoms with Crippen LogP contribution in [0.4, 0.5) is 0 Å². The van der Waals surface area contributed by atoms with Gasteiger partial charge in [-0.2, -0.15) is 0 Å². The molecule has 6 heteroatoms. The first kappa shape index (κ1) is 19.3. The second-order valence-electron chi connectivity index (χ2n) is 5.81. The molecule has 0 spiro atoms. The summed E-state index contributed by atoms with van der Waals surface area (Å²) in [6.07, 6.45) is 0.630. The zero-order valence-electron chi connectivity index (χ0n) is 14.9. The average molecular weight is 357 g/mol. The van der Waals surface area contributed by atoms with E-state index < -0.39 is 12.0 Å². The van der Waals surface area contributed by atoms with E-state index in [1.165, 1.54) is 14.2 Å². The van der Waals surface area contributed by atoms with Crippen molar-refractivity contribution in [2.45, 2.75) is 25.3 Å². The molecule has 0 heterocycles. The van der Waals surface area contributed by atoms with Crippen molar-refractivity contribution in [3.63, 3.8) is 0 Å². The van der Waals surface area contributed by atoms with E-state index in [-0.39, 0.29) is 18.7 Å². The van der Waals surface area contributed by atoms with Gasteiger partial charge in [-0.15, -0.1) is 0 Å². The molecule has 0 saturated carbocycles. The Balaban J connectivity index is 2.11. The van der Waals surface area contributed by atoms with Gasteiger partial charge in [-0.1, -0.05) is 30.3 Å². The minimum atomic E-state index is -1.00. The summed E-state index contributed by atoms with van der Waals surface area (Å²) in [6, 6.07) is 14.1. The van der Waals surface area contributed by atoms with E-state index in [1.807, 2.05) is 30.3 Å². The summed E-state index contributed by atoms with van der Waals surface area (Å²) in [5, 5.41) is 12.0. The van der Waals surface area contributed by atoms with Crippen LogP contribution in [0.2, 0.25) is 0 Å². The van der Waals surface area contributed by atoms with Crippen LogP contribution in [-0.4, -0.2) is 31.2 Å². The molecule has 26 heavy (non-hydrogen) atoms. The van der Waals surface area contributed by atoms with Gasteiger partial charge in [0.05, 0.1) is 26.7 Å². The van der Waals surface area contributed by atoms with Crippen LogP contribution in [0.5, 0.6) is 11.5 Å². The molecule has 0 aliphatic heterocycles. The predicted octanol–water partition coefficient (Wildman–Crippen LogP) is 2.97. The molecule has 2 N–H and O–H groups in total. The molecule has 138 valence electrons. The number of nitrogens with one attached hydrogen (secondary N) is 1. The van der Waals surface area contributed by atoms with Crippen molar-refractivity contribution in [3.05, 3.63) is 59.7 Å². The predicted molar refractivity (Wildman–Crippen MR) is 97.4 cm³/mol. The number of carbonyl (C=O) groups is 2. The summed E-state index contributed by atoms with van der Waals surface area (Å²) >= 11 is 0. The number of carboxylic acid groups (broad SMARTS) is 1. The van der Waals surface area contributed by atoms with Crippen molar-refractivity contribution in [2.24, 2.45) is 0 Å². The monoisotopic (exact) mass is 357 g/mol. The zero-order chi connectivity index (χ0) is 18.9. The maximum atomic E-state index is 12.3. The van der Waals surface area contributed by atoms with Gasteiger partial charge in [0, 0.05) is 18.1 Å². The molecule has 1 amide bonds. The number of rotatable bonds is 9. The Bertz CT molecular complexity index is 745. The van der Waals surface area contributed by atoms with Crippen molar-refractivity contribution >= 4 is 11.9 Å². The van der Waals surface area contributed by atoms with Gasteiger partial charge in [0.25, 0.3) is 0 Å². The number of hydrogen-bond acceptors (Lipinski definition) is 4. The number of ether oxygens (including phenoxy) is 2. The smallest absolute Gasteiger partial charge is 0.305 e. The molecule has 0 saturated heterocycles. The minimum Gasteiger partial charge on any atom is -0.497 e. The summed E-state index contributed by atoms with van der Waals surface area (Å²) in [5.41, 5.74) is 1.66. The van der Waals surface area contributed by atoms with Gasteiger partial charge in [0.1, 0.15) is 11.5 Å². The SMILES string of the molecule is COc1ccc(C(CC(=O)O)NC(=O)CCc2ccccc2)c(OC)c1. The van der Waals surface area contributed by atoms with Crippen LogP contribution >= 0.6 is 0 Å². The number of carbonyl (C=O) groups excluding carboxylic acids is 1. The van der Waals surface area contributed by atoms with E-state index in [4.69, 9.17) is 9.47 Å². The Hall–Kier alpha value is -3.02. The Labute approximate surface area is 152 Å². The molecular formula is C20H23NO5. The van der Waals surface area contributed by atoms with Crippen LogP contribution < -0.4 is 14.8 Å². The van der Waals surface area contributed by atoms with E-state index in [1.54, 1.807) is 18.2 Å². The van der Waals surface area contributed by atoms with Gasteiger partial charge >= 0.3 is 5.97 Å². The molecule has 0 aliphatic rings. The quantitative estimate of drug-likeness (QED) is 0.721. The third kappa shape index (κ3) is 5.51. The first-order chi connectivity index (χ1) is 12.5. The molecule has 2 aromatic rings. The van der Waals surface area contributed by atoms with Gasteiger partial charge in [0.15, 0.2) is 0 Å². The number of methoxy groups -OCH3 is 2.